The van der Waals surface area contributed by atoms with Crippen LogP contribution in [0.15, 0.2) is 0 Å². The topological polar surface area (TPSA) is 52.7 Å². The summed E-state index contributed by atoms with van der Waals surface area (Å²) < 4.78 is 0. The fourth-order valence-electron chi connectivity index (χ4n) is 3.04. The van der Waals surface area contributed by atoms with Gasteiger partial charge >= 0.3 is 0 Å². The molecule has 2 fully saturated rings. The Morgan fingerprint density at radius 2 is 2.11 bits per heavy atom. The van der Waals surface area contributed by atoms with Gasteiger partial charge in [0.25, 0.3) is 0 Å². The monoisotopic (exact) mass is 267 g/mol. The van der Waals surface area contributed by atoms with E-state index in [1.54, 1.807) is 0 Å². The first-order valence-electron chi connectivity index (χ1n) is 7.42. The summed E-state index contributed by atoms with van der Waals surface area (Å²) in [6.45, 7) is 8.09. The van der Waals surface area contributed by atoms with Gasteiger partial charge in [-0.3, -0.25) is 9.59 Å². The van der Waals surface area contributed by atoms with E-state index in [4.69, 9.17) is 0 Å². The highest BCUT2D eigenvalue weighted by molar-refractivity contribution is 5.89. The molecule has 2 atom stereocenters. The minimum Gasteiger partial charge on any atom is -0.340 e. The molecular formula is C14H25N3O2. The van der Waals surface area contributed by atoms with Crippen molar-refractivity contribution in [3.05, 3.63) is 0 Å². The van der Waals surface area contributed by atoms with Crippen molar-refractivity contribution in [1.29, 1.82) is 0 Å². The molecule has 0 radical (unpaired) electrons. The van der Waals surface area contributed by atoms with Crippen molar-refractivity contribution < 1.29 is 9.59 Å². The highest BCUT2D eigenvalue weighted by Gasteiger charge is 2.38. The van der Waals surface area contributed by atoms with E-state index in [-0.39, 0.29) is 23.8 Å². The van der Waals surface area contributed by atoms with E-state index in [9.17, 15) is 9.59 Å². The second-order valence-electron chi connectivity index (χ2n) is 5.66. The standard InChI is InChI=1S/C14H25N3O2/c1-3-4-11(2)17-10-12(9-13(17)18)14(19)16-7-5-15-6-8-16/h11-12,15H,3-10H2,1-2H3. The predicted molar refractivity (Wildman–Crippen MR) is 73.6 cm³/mol. The largest absolute Gasteiger partial charge is 0.340 e. The average Bonchev–Trinajstić information content (AvgIpc) is 2.81. The first-order valence-corrected chi connectivity index (χ1v) is 7.42. The maximum Gasteiger partial charge on any atom is 0.228 e. The molecule has 0 aromatic rings. The highest BCUT2D eigenvalue weighted by Crippen LogP contribution is 2.23. The molecule has 2 rings (SSSR count). The van der Waals surface area contributed by atoms with Crippen LogP contribution in [0.5, 0.6) is 0 Å². The summed E-state index contributed by atoms with van der Waals surface area (Å²) in [6.07, 6.45) is 2.48. The summed E-state index contributed by atoms with van der Waals surface area (Å²) in [5, 5.41) is 3.24. The number of nitrogens with one attached hydrogen (secondary N) is 1. The lowest BCUT2D eigenvalue weighted by Crippen LogP contribution is -2.49. The Morgan fingerprint density at radius 3 is 2.74 bits per heavy atom. The lowest BCUT2D eigenvalue weighted by Gasteiger charge is -2.30. The van der Waals surface area contributed by atoms with Gasteiger partial charge in [0.05, 0.1) is 5.92 Å². The Hall–Kier alpha value is -1.10. The van der Waals surface area contributed by atoms with Crippen molar-refractivity contribution in [2.24, 2.45) is 5.92 Å². The van der Waals surface area contributed by atoms with Crippen LogP contribution in [0.4, 0.5) is 0 Å². The number of hydrogen-bond donors (Lipinski definition) is 1. The van der Waals surface area contributed by atoms with E-state index >= 15 is 0 Å². The fraction of sp³-hybridized carbons (Fsp3) is 0.857. The molecule has 5 heteroatoms. The van der Waals surface area contributed by atoms with Gasteiger partial charge in [-0.25, -0.2) is 0 Å². The quantitative estimate of drug-likeness (QED) is 0.805. The van der Waals surface area contributed by atoms with Gasteiger partial charge in [0.1, 0.15) is 0 Å². The average molecular weight is 267 g/mol. The lowest BCUT2D eigenvalue weighted by atomic mass is 10.1. The molecule has 0 bridgehead atoms. The molecule has 5 nitrogen and oxygen atoms in total. The van der Waals surface area contributed by atoms with Crippen LogP contribution in [0.25, 0.3) is 0 Å². The molecule has 0 spiro atoms. The van der Waals surface area contributed by atoms with Gasteiger partial charge in [-0.05, 0) is 13.3 Å². The van der Waals surface area contributed by atoms with E-state index in [0.29, 0.717) is 13.0 Å². The van der Waals surface area contributed by atoms with Crippen LogP contribution in [0, 0.1) is 5.92 Å². The SMILES string of the molecule is CCCC(C)N1CC(C(=O)N2CCNCC2)CC1=O. The maximum absolute atomic E-state index is 12.4. The number of piperazine rings is 1. The van der Waals surface area contributed by atoms with Crippen LogP contribution in [-0.2, 0) is 9.59 Å². The Morgan fingerprint density at radius 1 is 1.42 bits per heavy atom. The third kappa shape index (κ3) is 3.26. The van der Waals surface area contributed by atoms with Crippen molar-refractivity contribution >= 4 is 11.8 Å². The number of carbonyl (C=O) groups is 2. The molecule has 2 heterocycles. The van der Waals surface area contributed by atoms with E-state index in [1.165, 1.54) is 0 Å². The van der Waals surface area contributed by atoms with Crippen molar-refractivity contribution in [1.82, 2.24) is 15.1 Å². The van der Waals surface area contributed by atoms with Crippen LogP contribution >= 0.6 is 0 Å². The van der Waals surface area contributed by atoms with Crippen LogP contribution < -0.4 is 5.32 Å². The molecule has 0 aromatic carbocycles. The van der Waals surface area contributed by atoms with E-state index in [0.717, 1.165) is 39.0 Å². The van der Waals surface area contributed by atoms with Crippen molar-refractivity contribution in [2.75, 3.05) is 32.7 Å². The molecule has 0 aromatic heterocycles. The summed E-state index contributed by atoms with van der Waals surface area (Å²) in [5.74, 6) is 0.195. The molecular weight excluding hydrogens is 242 g/mol. The van der Waals surface area contributed by atoms with Crippen molar-refractivity contribution in [3.63, 3.8) is 0 Å². The number of hydrogen-bond acceptors (Lipinski definition) is 3. The molecule has 0 aliphatic carbocycles. The number of carbonyl (C=O) groups excluding carboxylic acids is 2. The third-order valence-electron chi connectivity index (χ3n) is 4.17. The smallest absolute Gasteiger partial charge is 0.228 e. The number of likely N-dealkylation sites (tertiary alicyclic amines) is 1. The molecule has 2 aliphatic rings. The zero-order chi connectivity index (χ0) is 13.8. The first-order chi connectivity index (χ1) is 9.13. The second-order valence-corrected chi connectivity index (χ2v) is 5.66. The van der Waals surface area contributed by atoms with Gasteiger partial charge in [-0.15, -0.1) is 0 Å². The molecule has 1 N–H and O–H groups in total. The van der Waals surface area contributed by atoms with Crippen LogP contribution in [-0.4, -0.2) is 60.4 Å². The van der Waals surface area contributed by atoms with Gasteiger partial charge < -0.3 is 15.1 Å². The van der Waals surface area contributed by atoms with Crippen molar-refractivity contribution in [2.45, 2.75) is 39.2 Å². The number of amides is 2. The molecule has 2 saturated heterocycles. The summed E-state index contributed by atoms with van der Waals surface area (Å²) >= 11 is 0. The summed E-state index contributed by atoms with van der Waals surface area (Å²) in [4.78, 5) is 28.2. The molecule has 19 heavy (non-hydrogen) atoms. The number of rotatable bonds is 4. The minimum absolute atomic E-state index is 0.120. The van der Waals surface area contributed by atoms with Gasteiger partial charge in [-0.1, -0.05) is 13.3 Å². The third-order valence-corrected chi connectivity index (χ3v) is 4.17. The summed E-state index contributed by atoms with van der Waals surface area (Å²) in [5.41, 5.74) is 0. The molecule has 0 saturated carbocycles. The van der Waals surface area contributed by atoms with E-state index in [2.05, 4.69) is 19.2 Å². The van der Waals surface area contributed by atoms with Gasteiger partial charge in [-0.2, -0.15) is 0 Å². The molecule has 2 amide bonds. The molecule has 108 valence electrons. The Labute approximate surface area is 115 Å². The zero-order valence-corrected chi connectivity index (χ0v) is 12.0. The summed E-state index contributed by atoms with van der Waals surface area (Å²) in [6, 6.07) is 0.262. The van der Waals surface area contributed by atoms with Crippen LogP contribution in [0.1, 0.15) is 33.1 Å². The number of nitrogens with zero attached hydrogens (tertiary/aromatic N) is 2. The summed E-state index contributed by atoms with van der Waals surface area (Å²) in [7, 11) is 0. The molecule has 2 unspecified atom stereocenters. The predicted octanol–water partition coefficient (Wildman–Crippen LogP) is 0.455. The first kappa shape index (κ1) is 14.3. The van der Waals surface area contributed by atoms with Crippen LogP contribution in [0.2, 0.25) is 0 Å². The maximum atomic E-state index is 12.4. The van der Waals surface area contributed by atoms with E-state index in [1.807, 2.05) is 9.80 Å². The normalized spacial score (nSPS) is 25.8. The Kier molecular flexibility index (Phi) is 4.80. The van der Waals surface area contributed by atoms with Gasteiger partial charge in [0.2, 0.25) is 11.8 Å². The van der Waals surface area contributed by atoms with Crippen LogP contribution in [0.3, 0.4) is 0 Å². The van der Waals surface area contributed by atoms with E-state index < -0.39 is 0 Å². The fourth-order valence-corrected chi connectivity index (χ4v) is 3.04. The lowest BCUT2D eigenvalue weighted by molar-refractivity contribution is -0.136. The highest BCUT2D eigenvalue weighted by atomic mass is 16.2. The Bertz CT molecular complexity index is 340. The van der Waals surface area contributed by atoms with Gasteiger partial charge in [0, 0.05) is 45.2 Å². The van der Waals surface area contributed by atoms with Crippen molar-refractivity contribution in [3.8, 4) is 0 Å². The zero-order valence-electron chi connectivity index (χ0n) is 12.0. The van der Waals surface area contributed by atoms with Gasteiger partial charge in [0.15, 0.2) is 0 Å². The Balaban J connectivity index is 1.92. The minimum atomic E-state index is -0.120. The molecule has 2 aliphatic heterocycles. The second kappa shape index (κ2) is 6.37.